The maximum Gasteiger partial charge on any atom is 0.136 e. The molecule has 0 saturated carbocycles. The molecule has 0 atom stereocenters. The number of nitrogens with zero attached hydrogens (tertiary/aromatic N) is 2. The number of hydrogen-bond acceptors (Lipinski definition) is 1. The van der Waals surface area contributed by atoms with Gasteiger partial charge in [0.25, 0.3) is 0 Å². The lowest BCUT2D eigenvalue weighted by Crippen LogP contribution is -1.94. The van der Waals surface area contributed by atoms with Gasteiger partial charge in [0.05, 0.1) is 22.1 Å². The van der Waals surface area contributed by atoms with Gasteiger partial charge in [-0.15, -0.1) is 0 Å². The van der Waals surface area contributed by atoms with Gasteiger partial charge in [0, 0.05) is 43.7 Å². The third-order valence-electron chi connectivity index (χ3n) is 10.5. The van der Waals surface area contributed by atoms with E-state index in [0.717, 1.165) is 33.1 Å². The van der Waals surface area contributed by atoms with Gasteiger partial charge < -0.3 is 13.6 Å². The fourth-order valence-corrected chi connectivity index (χ4v) is 8.22. The number of benzene rings is 8. The SMILES string of the molecule is c1ccc(-c2ccc(-n3c4ccc(-c5ccc6c(c5)c5ccccc5n6-c5ccccc5)cc4c4c5c(ccc43)oc3ccccc35)cc2)cc1. The van der Waals surface area contributed by atoms with Crippen LogP contribution in [-0.2, 0) is 0 Å². The second kappa shape index (κ2) is 10.8. The van der Waals surface area contributed by atoms with Crippen LogP contribution in [0.15, 0.2) is 186 Å². The molecule has 0 spiro atoms. The molecule has 3 aromatic heterocycles. The lowest BCUT2D eigenvalue weighted by Gasteiger charge is -2.10. The molecule has 3 heterocycles. The minimum absolute atomic E-state index is 0.905. The summed E-state index contributed by atoms with van der Waals surface area (Å²) in [5, 5.41) is 7.21. The zero-order valence-corrected chi connectivity index (χ0v) is 27.6. The van der Waals surface area contributed by atoms with E-state index in [1.807, 2.05) is 6.07 Å². The van der Waals surface area contributed by atoms with Crippen LogP contribution < -0.4 is 0 Å². The third kappa shape index (κ3) is 4.19. The second-order valence-electron chi connectivity index (χ2n) is 13.3. The molecule has 0 aliphatic rings. The molecule has 11 aromatic rings. The first-order chi connectivity index (χ1) is 25.3. The van der Waals surface area contributed by atoms with Crippen molar-refractivity contribution in [1.82, 2.24) is 9.13 Å². The summed E-state index contributed by atoms with van der Waals surface area (Å²) >= 11 is 0. The van der Waals surface area contributed by atoms with Crippen LogP contribution in [0, 0.1) is 0 Å². The Labute approximate surface area is 293 Å². The molecule has 238 valence electrons. The lowest BCUT2D eigenvalue weighted by molar-refractivity contribution is 0.669. The predicted molar refractivity (Wildman–Crippen MR) is 213 cm³/mol. The maximum absolute atomic E-state index is 6.42. The van der Waals surface area contributed by atoms with E-state index in [1.54, 1.807) is 0 Å². The monoisotopic (exact) mass is 650 g/mol. The van der Waals surface area contributed by atoms with Crippen LogP contribution in [0.1, 0.15) is 0 Å². The Kier molecular flexibility index (Phi) is 5.96. The molecule has 0 fully saturated rings. The summed E-state index contributed by atoms with van der Waals surface area (Å²) in [5.41, 5.74) is 13.6. The lowest BCUT2D eigenvalue weighted by atomic mass is 9.99. The average Bonchev–Trinajstić information content (AvgIpc) is 3.85. The first-order valence-electron chi connectivity index (χ1n) is 17.4. The van der Waals surface area contributed by atoms with Gasteiger partial charge in [0.15, 0.2) is 0 Å². The molecule has 0 amide bonds. The van der Waals surface area contributed by atoms with Crippen LogP contribution in [0.5, 0.6) is 0 Å². The van der Waals surface area contributed by atoms with E-state index in [-0.39, 0.29) is 0 Å². The van der Waals surface area contributed by atoms with Crippen molar-refractivity contribution in [3.8, 4) is 33.6 Å². The largest absolute Gasteiger partial charge is 0.456 e. The summed E-state index contributed by atoms with van der Waals surface area (Å²) < 4.78 is 11.2. The highest BCUT2D eigenvalue weighted by Crippen LogP contribution is 2.43. The van der Waals surface area contributed by atoms with Gasteiger partial charge in [-0.2, -0.15) is 0 Å². The molecule has 0 aliphatic carbocycles. The summed E-state index contributed by atoms with van der Waals surface area (Å²) in [7, 11) is 0. The van der Waals surface area contributed by atoms with E-state index >= 15 is 0 Å². The van der Waals surface area contributed by atoms with E-state index < -0.39 is 0 Å². The third-order valence-corrected chi connectivity index (χ3v) is 10.5. The highest BCUT2D eigenvalue weighted by Gasteiger charge is 2.20. The number of rotatable bonds is 4. The minimum atomic E-state index is 0.905. The zero-order chi connectivity index (χ0) is 33.5. The van der Waals surface area contributed by atoms with Crippen LogP contribution in [0.2, 0.25) is 0 Å². The Morgan fingerprint density at radius 1 is 0.294 bits per heavy atom. The zero-order valence-electron chi connectivity index (χ0n) is 27.6. The average molecular weight is 651 g/mol. The Balaban J connectivity index is 1.16. The van der Waals surface area contributed by atoms with Crippen molar-refractivity contribution < 1.29 is 4.42 Å². The highest BCUT2D eigenvalue weighted by atomic mass is 16.3. The van der Waals surface area contributed by atoms with E-state index in [0.29, 0.717) is 0 Å². The van der Waals surface area contributed by atoms with Crippen molar-refractivity contribution in [3.63, 3.8) is 0 Å². The molecular weight excluding hydrogens is 621 g/mol. The maximum atomic E-state index is 6.42. The van der Waals surface area contributed by atoms with Crippen molar-refractivity contribution in [2.45, 2.75) is 0 Å². The van der Waals surface area contributed by atoms with Gasteiger partial charge in [-0.1, -0.05) is 109 Å². The van der Waals surface area contributed by atoms with E-state index in [2.05, 4.69) is 185 Å². The molecular formula is C48H30N2O. The topological polar surface area (TPSA) is 23.0 Å². The summed E-state index contributed by atoms with van der Waals surface area (Å²) in [5.74, 6) is 0. The van der Waals surface area contributed by atoms with Crippen LogP contribution in [0.25, 0.3) is 99.2 Å². The van der Waals surface area contributed by atoms with E-state index in [1.165, 1.54) is 66.0 Å². The highest BCUT2D eigenvalue weighted by molar-refractivity contribution is 6.27. The van der Waals surface area contributed by atoms with Crippen LogP contribution >= 0.6 is 0 Å². The van der Waals surface area contributed by atoms with Gasteiger partial charge in [-0.25, -0.2) is 0 Å². The van der Waals surface area contributed by atoms with Crippen LogP contribution in [-0.4, -0.2) is 9.13 Å². The quantitative estimate of drug-likeness (QED) is 0.186. The van der Waals surface area contributed by atoms with Crippen molar-refractivity contribution in [1.29, 1.82) is 0 Å². The molecule has 0 bridgehead atoms. The van der Waals surface area contributed by atoms with Crippen molar-refractivity contribution in [2.75, 3.05) is 0 Å². The Hall–Kier alpha value is -6.84. The molecule has 0 saturated heterocycles. The normalized spacial score (nSPS) is 11.9. The number of fused-ring (bicyclic) bond motifs is 10. The summed E-state index contributed by atoms with van der Waals surface area (Å²) in [4.78, 5) is 0. The molecule has 0 unspecified atom stereocenters. The van der Waals surface area contributed by atoms with Gasteiger partial charge in [0.1, 0.15) is 11.2 Å². The molecule has 0 N–H and O–H groups in total. The van der Waals surface area contributed by atoms with Gasteiger partial charge in [0.2, 0.25) is 0 Å². The fourth-order valence-electron chi connectivity index (χ4n) is 8.22. The van der Waals surface area contributed by atoms with Crippen LogP contribution in [0.4, 0.5) is 0 Å². The van der Waals surface area contributed by atoms with E-state index in [4.69, 9.17) is 4.42 Å². The molecule has 51 heavy (non-hydrogen) atoms. The standard InChI is InChI=1S/C48H30N2O/c1-3-11-31(12-4-1)32-19-23-36(24-20-32)50-43-26-22-34(30-40(43)47-44(50)27-28-46-48(47)38-16-8-10-18-45(38)51-46)33-21-25-42-39(29-33)37-15-7-9-17-41(37)49(42)35-13-5-2-6-14-35/h1-30H. The van der Waals surface area contributed by atoms with E-state index in [9.17, 15) is 0 Å². The van der Waals surface area contributed by atoms with Crippen molar-refractivity contribution >= 4 is 65.6 Å². The smallest absolute Gasteiger partial charge is 0.136 e. The Bertz CT molecular complexity index is 3110. The molecule has 11 rings (SSSR count). The van der Waals surface area contributed by atoms with Gasteiger partial charge >= 0.3 is 0 Å². The fraction of sp³-hybridized carbons (Fsp3) is 0. The number of para-hydroxylation sites is 3. The summed E-state index contributed by atoms with van der Waals surface area (Å²) in [6, 6.07) is 65.5. The molecule has 8 aromatic carbocycles. The summed E-state index contributed by atoms with van der Waals surface area (Å²) in [6.45, 7) is 0. The number of hydrogen-bond donors (Lipinski definition) is 0. The molecule has 0 aliphatic heterocycles. The second-order valence-corrected chi connectivity index (χ2v) is 13.3. The van der Waals surface area contributed by atoms with Gasteiger partial charge in [-0.3, -0.25) is 0 Å². The minimum Gasteiger partial charge on any atom is -0.456 e. The van der Waals surface area contributed by atoms with Crippen LogP contribution in [0.3, 0.4) is 0 Å². The first-order valence-corrected chi connectivity index (χ1v) is 17.4. The number of aromatic nitrogens is 2. The molecule has 3 nitrogen and oxygen atoms in total. The summed E-state index contributed by atoms with van der Waals surface area (Å²) in [6.07, 6.45) is 0. The number of furan rings is 1. The Morgan fingerprint density at radius 2 is 0.824 bits per heavy atom. The Morgan fingerprint density at radius 3 is 1.61 bits per heavy atom. The molecule has 0 radical (unpaired) electrons. The predicted octanol–water partition coefficient (Wildman–Crippen LogP) is 13.1. The molecule has 3 heteroatoms. The first kappa shape index (κ1) is 28.0. The van der Waals surface area contributed by atoms with Gasteiger partial charge in [-0.05, 0) is 95.1 Å². The van der Waals surface area contributed by atoms with Crippen molar-refractivity contribution in [3.05, 3.63) is 182 Å². The van der Waals surface area contributed by atoms with Crippen molar-refractivity contribution in [2.24, 2.45) is 0 Å².